The molecule has 100 valence electrons. The molecule has 0 aliphatic rings. The fourth-order valence-electron chi connectivity index (χ4n) is 1.72. The van der Waals surface area contributed by atoms with Gasteiger partial charge in [0.05, 0.1) is 6.26 Å². The highest BCUT2D eigenvalue weighted by molar-refractivity contribution is 7.98. The summed E-state index contributed by atoms with van der Waals surface area (Å²) in [6.07, 6.45) is 1.50. The molecule has 0 spiro atoms. The molecule has 0 atom stereocenters. The van der Waals surface area contributed by atoms with Crippen LogP contribution in [0, 0.1) is 6.92 Å². The van der Waals surface area contributed by atoms with Crippen molar-refractivity contribution >= 4 is 17.7 Å². The fourth-order valence-corrected chi connectivity index (χ4v) is 2.53. The summed E-state index contributed by atoms with van der Waals surface area (Å²) in [6.45, 7) is 2.74. The second-order valence-corrected chi connectivity index (χ2v) is 5.38. The van der Waals surface area contributed by atoms with Crippen molar-refractivity contribution in [1.29, 1.82) is 0 Å². The quantitative estimate of drug-likeness (QED) is 0.823. The highest BCUT2D eigenvalue weighted by Gasteiger charge is 2.06. The van der Waals surface area contributed by atoms with Crippen molar-refractivity contribution in [2.24, 2.45) is 0 Å². The normalized spacial score (nSPS) is 10.4. The van der Waals surface area contributed by atoms with Crippen LogP contribution in [0.5, 0.6) is 0 Å². The van der Waals surface area contributed by atoms with Crippen LogP contribution in [0.15, 0.2) is 47.1 Å². The lowest BCUT2D eigenvalue weighted by atomic mass is 10.2. The summed E-state index contributed by atoms with van der Waals surface area (Å²) >= 11 is 1.81. The summed E-state index contributed by atoms with van der Waals surface area (Å²) in [7, 11) is 0. The van der Waals surface area contributed by atoms with Crippen LogP contribution < -0.4 is 5.32 Å². The molecule has 0 aliphatic carbocycles. The van der Waals surface area contributed by atoms with Gasteiger partial charge in [-0.25, -0.2) is 0 Å². The Balaban J connectivity index is 1.64. The monoisotopic (exact) mass is 275 g/mol. The molecule has 2 rings (SSSR count). The Hall–Kier alpha value is -1.68. The maximum atomic E-state index is 11.6. The summed E-state index contributed by atoms with van der Waals surface area (Å²) in [5, 5.41) is 2.83. The molecule has 19 heavy (non-hydrogen) atoms. The molecule has 0 fully saturated rings. The number of rotatable bonds is 6. The smallest absolute Gasteiger partial charge is 0.287 e. The lowest BCUT2D eigenvalue weighted by Gasteiger charge is -2.04. The molecule has 1 heterocycles. The number of carbonyl (C=O) groups excluding carboxylic acids is 1. The Morgan fingerprint density at radius 2 is 2.21 bits per heavy atom. The molecule has 0 radical (unpaired) electrons. The van der Waals surface area contributed by atoms with E-state index in [1.54, 1.807) is 12.1 Å². The van der Waals surface area contributed by atoms with Crippen molar-refractivity contribution in [3.05, 3.63) is 59.5 Å². The molecular weight excluding hydrogens is 258 g/mol. The highest BCUT2D eigenvalue weighted by Crippen LogP contribution is 2.12. The minimum atomic E-state index is -0.152. The van der Waals surface area contributed by atoms with E-state index in [4.69, 9.17) is 4.42 Å². The number of furan rings is 1. The molecule has 0 saturated heterocycles. The number of amides is 1. The first-order chi connectivity index (χ1) is 9.25. The number of carbonyl (C=O) groups is 1. The van der Waals surface area contributed by atoms with Crippen LogP contribution in [0.1, 0.15) is 21.7 Å². The number of thioether (sulfide) groups is 1. The third kappa shape index (κ3) is 4.48. The van der Waals surface area contributed by atoms with Crippen LogP contribution in [0.4, 0.5) is 0 Å². The van der Waals surface area contributed by atoms with Gasteiger partial charge in [-0.2, -0.15) is 11.8 Å². The number of hydrogen-bond donors (Lipinski definition) is 1. The Bertz CT molecular complexity index is 523. The molecule has 1 N–H and O–H groups in total. The van der Waals surface area contributed by atoms with E-state index in [0.29, 0.717) is 12.3 Å². The average Bonchev–Trinajstić information content (AvgIpc) is 2.92. The molecule has 0 unspecified atom stereocenters. The number of benzene rings is 1. The molecule has 2 aromatic rings. The van der Waals surface area contributed by atoms with Gasteiger partial charge in [-0.15, -0.1) is 0 Å². The van der Waals surface area contributed by atoms with Gasteiger partial charge in [-0.1, -0.05) is 29.8 Å². The first-order valence-electron chi connectivity index (χ1n) is 6.21. The zero-order chi connectivity index (χ0) is 13.5. The van der Waals surface area contributed by atoms with E-state index >= 15 is 0 Å². The van der Waals surface area contributed by atoms with Crippen LogP contribution in [0.3, 0.4) is 0 Å². The summed E-state index contributed by atoms with van der Waals surface area (Å²) in [4.78, 5) is 11.6. The van der Waals surface area contributed by atoms with E-state index in [9.17, 15) is 4.79 Å². The van der Waals surface area contributed by atoms with Crippen molar-refractivity contribution in [1.82, 2.24) is 5.32 Å². The first-order valence-corrected chi connectivity index (χ1v) is 7.36. The lowest BCUT2D eigenvalue weighted by Crippen LogP contribution is -2.25. The van der Waals surface area contributed by atoms with Gasteiger partial charge in [0.25, 0.3) is 5.91 Å². The maximum Gasteiger partial charge on any atom is 0.287 e. The topological polar surface area (TPSA) is 42.2 Å². The van der Waals surface area contributed by atoms with E-state index < -0.39 is 0 Å². The predicted octanol–water partition coefficient (Wildman–Crippen LogP) is 3.25. The molecular formula is C15H17NO2S. The van der Waals surface area contributed by atoms with Crippen molar-refractivity contribution in [2.45, 2.75) is 12.7 Å². The number of hydrogen-bond acceptors (Lipinski definition) is 3. The average molecular weight is 275 g/mol. The molecule has 0 aliphatic heterocycles. The third-order valence-electron chi connectivity index (χ3n) is 2.63. The van der Waals surface area contributed by atoms with Crippen LogP contribution >= 0.6 is 11.8 Å². The maximum absolute atomic E-state index is 11.6. The minimum absolute atomic E-state index is 0.152. The molecule has 0 bridgehead atoms. The van der Waals surface area contributed by atoms with E-state index in [1.165, 1.54) is 17.4 Å². The Morgan fingerprint density at radius 3 is 2.95 bits per heavy atom. The molecule has 1 amide bonds. The van der Waals surface area contributed by atoms with Crippen molar-refractivity contribution < 1.29 is 9.21 Å². The van der Waals surface area contributed by atoms with E-state index in [0.717, 1.165) is 11.5 Å². The third-order valence-corrected chi connectivity index (χ3v) is 3.66. The van der Waals surface area contributed by atoms with Gasteiger partial charge >= 0.3 is 0 Å². The second kappa shape index (κ2) is 7.04. The zero-order valence-electron chi connectivity index (χ0n) is 10.9. The summed E-state index contributed by atoms with van der Waals surface area (Å²) in [5.41, 5.74) is 2.60. The molecule has 1 aromatic carbocycles. The van der Waals surface area contributed by atoms with Gasteiger partial charge in [0.2, 0.25) is 0 Å². The summed E-state index contributed by atoms with van der Waals surface area (Å²) < 4.78 is 5.02. The Kier molecular flexibility index (Phi) is 5.10. The fraction of sp³-hybridized carbons (Fsp3) is 0.267. The van der Waals surface area contributed by atoms with Gasteiger partial charge in [0.15, 0.2) is 5.76 Å². The molecule has 3 nitrogen and oxygen atoms in total. The number of aryl methyl sites for hydroxylation is 1. The largest absolute Gasteiger partial charge is 0.459 e. The van der Waals surface area contributed by atoms with E-state index in [2.05, 4.69) is 36.5 Å². The van der Waals surface area contributed by atoms with Crippen LogP contribution in [-0.2, 0) is 5.75 Å². The second-order valence-electron chi connectivity index (χ2n) is 4.27. The Morgan fingerprint density at radius 1 is 1.32 bits per heavy atom. The molecule has 0 saturated carbocycles. The van der Waals surface area contributed by atoms with Crippen molar-refractivity contribution in [2.75, 3.05) is 12.3 Å². The van der Waals surface area contributed by atoms with Gasteiger partial charge in [-0.3, -0.25) is 4.79 Å². The highest BCUT2D eigenvalue weighted by atomic mass is 32.2. The molecule has 4 heteroatoms. The number of nitrogens with one attached hydrogen (secondary N) is 1. The first kappa shape index (κ1) is 13.7. The Labute approximate surface area is 117 Å². The summed E-state index contributed by atoms with van der Waals surface area (Å²) in [6, 6.07) is 11.9. The zero-order valence-corrected chi connectivity index (χ0v) is 11.7. The van der Waals surface area contributed by atoms with Crippen LogP contribution in [0.25, 0.3) is 0 Å². The van der Waals surface area contributed by atoms with Crippen LogP contribution in [0.2, 0.25) is 0 Å². The SMILES string of the molecule is Cc1cccc(CSCCNC(=O)c2ccco2)c1. The van der Waals surface area contributed by atoms with E-state index in [1.807, 2.05) is 11.8 Å². The lowest BCUT2D eigenvalue weighted by molar-refractivity contribution is 0.0928. The van der Waals surface area contributed by atoms with E-state index in [-0.39, 0.29) is 5.91 Å². The minimum Gasteiger partial charge on any atom is -0.459 e. The van der Waals surface area contributed by atoms with Crippen LogP contribution in [-0.4, -0.2) is 18.2 Å². The predicted molar refractivity (Wildman–Crippen MR) is 78.4 cm³/mol. The standard InChI is InChI=1S/C15H17NO2S/c1-12-4-2-5-13(10-12)11-19-9-7-16-15(17)14-6-3-8-18-14/h2-6,8,10H,7,9,11H2,1H3,(H,16,17). The van der Waals surface area contributed by atoms with Gasteiger partial charge < -0.3 is 9.73 Å². The van der Waals surface area contributed by atoms with Gasteiger partial charge in [0.1, 0.15) is 0 Å². The summed E-state index contributed by atoms with van der Waals surface area (Å²) in [5.74, 6) is 2.07. The molecule has 1 aromatic heterocycles. The van der Waals surface area contributed by atoms with Crippen molar-refractivity contribution in [3.63, 3.8) is 0 Å². The van der Waals surface area contributed by atoms with Gasteiger partial charge in [0, 0.05) is 18.1 Å². The van der Waals surface area contributed by atoms with Crippen molar-refractivity contribution in [3.8, 4) is 0 Å². The van der Waals surface area contributed by atoms with Gasteiger partial charge in [-0.05, 0) is 24.6 Å².